The van der Waals surface area contributed by atoms with Crippen molar-refractivity contribution in [3.8, 4) is 0 Å². The maximum atomic E-state index is 12.3. The summed E-state index contributed by atoms with van der Waals surface area (Å²) >= 11 is 6.28. The molecular weight excluding hydrogens is 330 g/mol. The van der Waals surface area contributed by atoms with Gasteiger partial charge < -0.3 is 14.0 Å². The van der Waals surface area contributed by atoms with Crippen molar-refractivity contribution < 1.29 is 19.1 Å². The van der Waals surface area contributed by atoms with Crippen LogP contribution in [0.15, 0.2) is 18.2 Å². The maximum Gasteiger partial charge on any atom is 0.354 e. The number of fused-ring (bicyclic) bond motifs is 1. The van der Waals surface area contributed by atoms with Crippen molar-refractivity contribution in [3.63, 3.8) is 0 Å². The lowest BCUT2D eigenvalue weighted by molar-refractivity contribution is 0.00697. The first kappa shape index (κ1) is 18.3. The zero-order chi connectivity index (χ0) is 18.1. The Morgan fingerprint density at radius 2 is 1.79 bits per heavy atom. The molecule has 6 heteroatoms. The first-order chi connectivity index (χ1) is 11.2. The molecule has 5 nitrogen and oxygen atoms in total. The third-order valence-corrected chi connectivity index (χ3v) is 3.72. The molecule has 0 N–H and O–H groups in total. The second-order valence-corrected chi connectivity index (χ2v) is 6.79. The molecule has 1 heterocycles. The molecule has 0 saturated heterocycles. The van der Waals surface area contributed by atoms with Gasteiger partial charge in [-0.05, 0) is 52.8 Å². The van der Waals surface area contributed by atoms with Gasteiger partial charge in [0.1, 0.15) is 11.3 Å². The van der Waals surface area contributed by atoms with Gasteiger partial charge in [-0.1, -0.05) is 11.6 Å². The number of benzene rings is 1. The van der Waals surface area contributed by atoms with Gasteiger partial charge in [0.15, 0.2) is 0 Å². The van der Waals surface area contributed by atoms with Gasteiger partial charge >= 0.3 is 11.9 Å². The van der Waals surface area contributed by atoms with Crippen LogP contribution in [0.4, 0.5) is 0 Å². The molecule has 24 heavy (non-hydrogen) atoms. The lowest BCUT2D eigenvalue weighted by Crippen LogP contribution is -2.24. The van der Waals surface area contributed by atoms with E-state index in [2.05, 4.69) is 0 Å². The van der Waals surface area contributed by atoms with E-state index < -0.39 is 17.5 Å². The fourth-order valence-electron chi connectivity index (χ4n) is 2.49. The largest absolute Gasteiger partial charge is 0.461 e. The van der Waals surface area contributed by atoms with Gasteiger partial charge in [0.25, 0.3) is 0 Å². The SMILES string of the molecule is CCOC(=O)c1cc2cc(C(=O)OC(C)(C)C)c(Cl)cc2n1CC. The number of rotatable bonds is 4. The molecule has 0 atom stereocenters. The minimum Gasteiger partial charge on any atom is -0.461 e. The Bertz CT molecular complexity index is 786. The zero-order valence-corrected chi connectivity index (χ0v) is 15.4. The third-order valence-electron chi connectivity index (χ3n) is 3.41. The Hall–Kier alpha value is -2.01. The fraction of sp³-hybridized carbons (Fsp3) is 0.444. The van der Waals surface area contributed by atoms with E-state index in [0.29, 0.717) is 23.9 Å². The molecule has 0 aliphatic heterocycles. The van der Waals surface area contributed by atoms with Gasteiger partial charge in [-0.2, -0.15) is 0 Å². The topological polar surface area (TPSA) is 57.5 Å². The van der Waals surface area contributed by atoms with Gasteiger partial charge in [-0.3, -0.25) is 0 Å². The van der Waals surface area contributed by atoms with Gasteiger partial charge in [-0.25, -0.2) is 9.59 Å². The highest BCUT2D eigenvalue weighted by molar-refractivity contribution is 6.34. The van der Waals surface area contributed by atoms with Crippen molar-refractivity contribution in [3.05, 3.63) is 34.5 Å². The summed E-state index contributed by atoms with van der Waals surface area (Å²) in [6.45, 7) is 9.96. The first-order valence-electron chi connectivity index (χ1n) is 7.91. The minimum atomic E-state index is -0.610. The number of halogens is 1. The van der Waals surface area contributed by atoms with E-state index in [4.69, 9.17) is 21.1 Å². The Labute approximate surface area is 146 Å². The molecule has 2 rings (SSSR count). The summed E-state index contributed by atoms with van der Waals surface area (Å²) in [5, 5.41) is 1.03. The summed E-state index contributed by atoms with van der Waals surface area (Å²) in [7, 11) is 0. The quantitative estimate of drug-likeness (QED) is 0.764. The lowest BCUT2D eigenvalue weighted by atomic mass is 10.1. The summed E-state index contributed by atoms with van der Waals surface area (Å²) < 4.78 is 12.3. The number of aromatic nitrogens is 1. The molecule has 0 saturated carbocycles. The number of hydrogen-bond donors (Lipinski definition) is 0. The Kier molecular flexibility index (Phi) is 5.23. The average molecular weight is 352 g/mol. The van der Waals surface area contributed by atoms with Crippen LogP contribution in [-0.2, 0) is 16.0 Å². The second kappa shape index (κ2) is 6.85. The normalized spacial score (nSPS) is 11.6. The number of carbonyl (C=O) groups is 2. The summed E-state index contributed by atoms with van der Waals surface area (Å²) in [6.07, 6.45) is 0. The van der Waals surface area contributed by atoms with Crippen LogP contribution in [0, 0.1) is 0 Å². The van der Waals surface area contributed by atoms with Crippen LogP contribution >= 0.6 is 11.6 Å². The van der Waals surface area contributed by atoms with Crippen LogP contribution < -0.4 is 0 Å². The predicted octanol–water partition coefficient (Wildman–Crippen LogP) is 4.45. The van der Waals surface area contributed by atoms with Crippen LogP contribution in [-0.4, -0.2) is 28.7 Å². The molecule has 130 valence electrons. The Balaban J connectivity index is 2.54. The number of carbonyl (C=O) groups excluding carboxylic acids is 2. The average Bonchev–Trinajstić information content (AvgIpc) is 2.82. The molecule has 0 aliphatic rings. The molecule has 0 amide bonds. The number of esters is 2. The van der Waals surface area contributed by atoms with Crippen molar-refractivity contribution >= 4 is 34.4 Å². The number of hydrogen-bond acceptors (Lipinski definition) is 4. The molecule has 0 fully saturated rings. The highest BCUT2D eigenvalue weighted by atomic mass is 35.5. The van der Waals surface area contributed by atoms with Crippen LogP contribution in [0.2, 0.25) is 5.02 Å². The van der Waals surface area contributed by atoms with E-state index in [1.807, 2.05) is 11.5 Å². The number of nitrogens with zero attached hydrogens (tertiary/aromatic N) is 1. The number of ether oxygens (including phenoxy) is 2. The van der Waals surface area contributed by atoms with E-state index in [0.717, 1.165) is 10.9 Å². The molecular formula is C18H22ClNO4. The van der Waals surface area contributed by atoms with Gasteiger partial charge in [-0.15, -0.1) is 0 Å². The monoisotopic (exact) mass is 351 g/mol. The third kappa shape index (κ3) is 3.73. The van der Waals surface area contributed by atoms with Crippen LogP contribution in [0.25, 0.3) is 10.9 Å². The van der Waals surface area contributed by atoms with E-state index in [1.54, 1.807) is 45.9 Å². The molecule has 1 aromatic carbocycles. The molecule has 0 bridgehead atoms. The Morgan fingerprint density at radius 3 is 2.33 bits per heavy atom. The summed E-state index contributed by atoms with van der Waals surface area (Å²) in [5.74, 6) is -0.887. The second-order valence-electron chi connectivity index (χ2n) is 6.39. The summed E-state index contributed by atoms with van der Waals surface area (Å²) in [6, 6.07) is 5.05. The first-order valence-corrected chi connectivity index (χ1v) is 8.29. The Morgan fingerprint density at radius 1 is 1.12 bits per heavy atom. The van der Waals surface area contributed by atoms with E-state index in [9.17, 15) is 9.59 Å². The van der Waals surface area contributed by atoms with E-state index >= 15 is 0 Å². The smallest absolute Gasteiger partial charge is 0.354 e. The summed E-state index contributed by atoms with van der Waals surface area (Å²) in [5.41, 5.74) is 0.883. The van der Waals surface area contributed by atoms with Crippen molar-refractivity contribution in [2.24, 2.45) is 0 Å². The molecule has 0 radical (unpaired) electrons. The lowest BCUT2D eigenvalue weighted by Gasteiger charge is -2.20. The van der Waals surface area contributed by atoms with Gasteiger partial charge in [0.2, 0.25) is 0 Å². The van der Waals surface area contributed by atoms with E-state index in [1.165, 1.54) is 0 Å². The van der Waals surface area contributed by atoms with Crippen molar-refractivity contribution in [2.75, 3.05) is 6.61 Å². The molecule has 2 aromatic rings. The van der Waals surface area contributed by atoms with Crippen LogP contribution in [0.3, 0.4) is 0 Å². The highest BCUT2D eigenvalue weighted by Gasteiger charge is 2.23. The molecule has 0 spiro atoms. The van der Waals surface area contributed by atoms with Crippen molar-refractivity contribution in [1.82, 2.24) is 4.57 Å². The van der Waals surface area contributed by atoms with Crippen LogP contribution in [0.1, 0.15) is 55.5 Å². The minimum absolute atomic E-state index is 0.280. The highest BCUT2D eigenvalue weighted by Crippen LogP contribution is 2.29. The molecule has 1 aromatic heterocycles. The zero-order valence-electron chi connectivity index (χ0n) is 14.6. The number of aryl methyl sites for hydroxylation is 1. The molecule has 0 unspecified atom stereocenters. The standard InChI is InChI=1S/C18H22ClNO4/c1-6-20-14-10-13(19)12(16(21)24-18(3,4)5)8-11(14)9-15(20)17(22)23-7-2/h8-10H,6-7H2,1-5H3. The van der Waals surface area contributed by atoms with Gasteiger partial charge in [0.05, 0.1) is 22.7 Å². The van der Waals surface area contributed by atoms with E-state index in [-0.39, 0.29) is 5.56 Å². The predicted molar refractivity (Wildman–Crippen MR) is 93.7 cm³/mol. The fourth-order valence-corrected chi connectivity index (χ4v) is 2.72. The van der Waals surface area contributed by atoms with Crippen molar-refractivity contribution in [1.29, 1.82) is 0 Å². The van der Waals surface area contributed by atoms with Gasteiger partial charge in [0, 0.05) is 11.9 Å². The van der Waals surface area contributed by atoms with Crippen LogP contribution in [0.5, 0.6) is 0 Å². The molecule has 0 aliphatic carbocycles. The summed E-state index contributed by atoms with van der Waals surface area (Å²) in [4.78, 5) is 24.4. The maximum absolute atomic E-state index is 12.3. The van der Waals surface area contributed by atoms with Crippen molar-refractivity contribution in [2.45, 2.75) is 46.8 Å².